The minimum atomic E-state index is -0.422. The number of carbonyl (C=O) groups is 1. The molecule has 0 aliphatic rings. The number of benzene rings is 1. The fourth-order valence-electron chi connectivity index (χ4n) is 2.53. The molecule has 0 bridgehead atoms. The highest BCUT2D eigenvalue weighted by Crippen LogP contribution is 2.19. The highest BCUT2D eigenvalue weighted by molar-refractivity contribution is 5.95. The van der Waals surface area contributed by atoms with Crippen LogP contribution < -0.4 is 16.4 Å². The SMILES string of the molecule is CCCn1nc(CNCCNC(=O)c2nonc2N)c(-c2ccccc2)n1. The van der Waals surface area contributed by atoms with Gasteiger partial charge >= 0.3 is 0 Å². The first-order chi connectivity index (χ1) is 13.2. The lowest BCUT2D eigenvalue weighted by molar-refractivity contribution is 0.0944. The summed E-state index contributed by atoms with van der Waals surface area (Å²) in [4.78, 5) is 13.6. The van der Waals surface area contributed by atoms with Crippen LogP contribution in [0.2, 0.25) is 0 Å². The van der Waals surface area contributed by atoms with E-state index in [0.29, 0.717) is 19.6 Å². The first-order valence-electron chi connectivity index (χ1n) is 8.75. The number of nitrogens with one attached hydrogen (secondary N) is 2. The molecule has 0 saturated carbocycles. The second-order valence-electron chi connectivity index (χ2n) is 5.89. The van der Waals surface area contributed by atoms with Gasteiger partial charge in [0.1, 0.15) is 11.4 Å². The maximum absolute atomic E-state index is 11.9. The second kappa shape index (κ2) is 8.90. The Balaban J connectivity index is 1.54. The van der Waals surface area contributed by atoms with Gasteiger partial charge < -0.3 is 16.4 Å². The molecule has 2 heterocycles. The van der Waals surface area contributed by atoms with Crippen molar-refractivity contribution >= 4 is 11.7 Å². The number of rotatable bonds is 9. The molecule has 10 nitrogen and oxygen atoms in total. The third-order valence-electron chi connectivity index (χ3n) is 3.80. The number of hydrogen-bond acceptors (Lipinski definition) is 8. The summed E-state index contributed by atoms with van der Waals surface area (Å²) < 4.78 is 4.41. The second-order valence-corrected chi connectivity index (χ2v) is 5.89. The van der Waals surface area contributed by atoms with Crippen LogP contribution in [-0.4, -0.2) is 44.3 Å². The van der Waals surface area contributed by atoms with Gasteiger partial charge in [-0.05, 0) is 16.7 Å². The van der Waals surface area contributed by atoms with Crippen LogP contribution in [0.1, 0.15) is 29.5 Å². The molecule has 142 valence electrons. The minimum Gasteiger partial charge on any atom is -0.379 e. The Labute approximate surface area is 156 Å². The molecule has 2 aromatic heterocycles. The summed E-state index contributed by atoms with van der Waals surface area (Å²) in [5, 5.41) is 22.0. The third kappa shape index (κ3) is 4.67. The van der Waals surface area contributed by atoms with E-state index in [2.05, 4.69) is 42.7 Å². The molecule has 3 aromatic rings. The molecular weight excluding hydrogens is 348 g/mol. The van der Waals surface area contributed by atoms with E-state index in [0.717, 1.165) is 29.9 Å². The van der Waals surface area contributed by atoms with E-state index in [1.165, 1.54) is 0 Å². The molecule has 0 fully saturated rings. The summed E-state index contributed by atoms with van der Waals surface area (Å²) in [6, 6.07) is 9.95. The number of aryl methyl sites for hydroxylation is 1. The maximum Gasteiger partial charge on any atom is 0.277 e. The largest absolute Gasteiger partial charge is 0.379 e. The monoisotopic (exact) mass is 370 g/mol. The summed E-state index contributed by atoms with van der Waals surface area (Å²) in [7, 11) is 0. The van der Waals surface area contributed by atoms with Gasteiger partial charge in [-0.2, -0.15) is 15.0 Å². The van der Waals surface area contributed by atoms with E-state index in [1.807, 2.05) is 30.3 Å². The number of nitrogens with zero attached hydrogens (tertiary/aromatic N) is 5. The van der Waals surface area contributed by atoms with E-state index >= 15 is 0 Å². The van der Waals surface area contributed by atoms with Crippen molar-refractivity contribution in [3.05, 3.63) is 41.7 Å². The highest BCUT2D eigenvalue weighted by Gasteiger charge is 2.15. The maximum atomic E-state index is 11.9. The Kier molecular flexibility index (Phi) is 6.10. The molecule has 3 rings (SSSR count). The van der Waals surface area contributed by atoms with Crippen LogP contribution in [0.15, 0.2) is 35.0 Å². The number of nitrogen functional groups attached to an aromatic ring is 1. The van der Waals surface area contributed by atoms with Crippen molar-refractivity contribution in [2.24, 2.45) is 0 Å². The molecule has 0 saturated heterocycles. The Morgan fingerprint density at radius 2 is 2.00 bits per heavy atom. The zero-order valence-corrected chi connectivity index (χ0v) is 15.1. The van der Waals surface area contributed by atoms with Gasteiger partial charge in [-0.15, -0.1) is 0 Å². The molecule has 0 aliphatic heterocycles. The lowest BCUT2D eigenvalue weighted by Gasteiger charge is -2.05. The zero-order chi connectivity index (χ0) is 19.1. The van der Waals surface area contributed by atoms with Crippen molar-refractivity contribution in [1.82, 2.24) is 35.9 Å². The van der Waals surface area contributed by atoms with Crippen LogP contribution in [0.3, 0.4) is 0 Å². The van der Waals surface area contributed by atoms with E-state index in [1.54, 1.807) is 4.80 Å². The number of amides is 1. The summed E-state index contributed by atoms with van der Waals surface area (Å²) in [5.74, 6) is -0.449. The molecule has 0 spiro atoms. The molecule has 10 heteroatoms. The molecular formula is C17H22N8O2. The smallest absolute Gasteiger partial charge is 0.277 e. The van der Waals surface area contributed by atoms with Gasteiger partial charge in [0.2, 0.25) is 11.5 Å². The molecule has 1 aromatic carbocycles. The quantitative estimate of drug-likeness (QED) is 0.471. The highest BCUT2D eigenvalue weighted by atomic mass is 16.6. The molecule has 1 amide bonds. The van der Waals surface area contributed by atoms with Gasteiger partial charge in [-0.25, -0.2) is 4.63 Å². The molecule has 0 radical (unpaired) electrons. The number of anilines is 1. The van der Waals surface area contributed by atoms with Gasteiger partial charge in [0.15, 0.2) is 0 Å². The summed E-state index contributed by atoms with van der Waals surface area (Å²) in [5.41, 5.74) is 8.23. The Morgan fingerprint density at radius 1 is 1.19 bits per heavy atom. The predicted molar refractivity (Wildman–Crippen MR) is 98.5 cm³/mol. The van der Waals surface area contributed by atoms with E-state index in [4.69, 9.17) is 5.73 Å². The number of nitrogens with two attached hydrogens (primary N) is 1. The number of carbonyl (C=O) groups excluding carboxylic acids is 1. The standard InChI is InChI=1S/C17H22N8O2/c1-2-10-25-21-13(14(22-25)12-6-4-3-5-7-12)11-19-8-9-20-17(26)15-16(18)24-27-23-15/h3-7,19H,2,8-11H2,1H3,(H2,18,24)(H,20,26). The average molecular weight is 370 g/mol. The molecule has 0 atom stereocenters. The van der Waals surface area contributed by atoms with Gasteiger partial charge in [0.05, 0.1) is 6.54 Å². The third-order valence-corrected chi connectivity index (χ3v) is 3.80. The summed E-state index contributed by atoms with van der Waals surface area (Å²) in [6.07, 6.45) is 0.960. The van der Waals surface area contributed by atoms with Crippen molar-refractivity contribution in [2.45, 2.75) is 26.4 Å². The zero-order valence-electron chi connectivity index (χ0n) is 15.1. The van der Waals surface area contributed by atoms with Crippen molar-refractivity contribution in [2.75, 3.05) is 18.8 Å². The fraction of sp³-hybridized carbons (Fsp3) is 0.353. The summed E-state index contributed by atoms with van der Waals surface area (Å²) >= 11 is 0. The van der Waals surface area contributed by atoms with E-state index in [-0.39, 0.29) is 11.5 Å². The van der Waals surface area contributed by atoms with Crippen LogP contribution in [0, 0.1) is 0 Å². The number of hydrogen-bond donors (Lipinski definition) is 3. The van der Waals surface area contributed by atoms with Gasteiger partial charge in [-0.1, -0.05) is 37.3 Å². The molecule has 4 N–H and O–H groups in total. The molecule has 0 unspecified atom stereocenters. The van der Waals surface area contributed by atoms with E-state index < -0.39 is 5.91 Å². The fourth-order valence-corrected chi connectivity index (χ4v) is 2.53. The van der Waals surface area contributed by atoms with E-state index in [9.17, 15) is 4.79 Å². The van der Waals surface area contributed by atoms with Crippen LogP contribution in [-0.2, 0) is 13.1 Å². The van der Waals surface area contributed by atoms with Crippen LogP contribution in [0.5, 0.6) is 0 Å². The van der Waals surface area contributed by atoms with Crippen LogP contribution in [0.25, 0.3) is 11.3 Å². The van der Waals surface area contributed by atoms with Crippen LogP contribution in [0.4, 0.5) is 5.82 Å². The Bertz CT molecular complexity index is 874. The van der Waals surface area contributed by atoms with Crippen molar-refractivity contribution in [1.29, 1.82) is 0 Å². The van der Waals surface area contributed by atoms with Crippen molar-refractivity contribution in [3.8, 4) is 11.3 Å². The normalized spacial score (nSPS) is 10.9. The molecule has 27 heavy (non-hydrogen) atoms. The summed E-state index contributed by atoms with van der Waals surface area (Å²) in [6.45, 7) is 4.34. The van der Waals surface area contributed by atoms with Gasteiger partial charge in [0, 0.05) is 25.2 Å². The van der Waals surface area contributed by atoms with Crippen LogP contribution >= 0.6 is 0 Å². The minimum absolute atomic E-state index is 0.0103. The van der Waals surface area contributed by atoms with Crippen molar-refractivity contribution in [3.63, 3.8) is 0 Å². The van der Waals surface area contributed by atoms with Crippen molar-refractivity contribution < 1.29 is 9.42 Å². The topological polar surface area (TPSA) is 137 Å². The molecule has 0 aliphatic carbocycles. The first-order valence-corrected chi connectivity index (χ1v) is 8.75. The van der Waals surface area contributed by atoms with Gasteiger partial charge in [-0.3, -0.25) is 4.79 Å². The lowest BCUT2D eigenvalue weighted by atomic mass is 10.1. The lowest BCUT2D eigenvalue weighted by Crippen LogP contribution is -2.32. The average Bonchev–Trinajstić information content (AvgIpc) is 3.28. The predicted octanol–water partition coefficient (Wildman–Crippen LogP) is 0.840. The Hall–Kier alpha value is -3.27. The first kappa shape index (κ1) is 18.5. The Morgan fingerprint density at radius 3 is 2.70 bits per heavy atom. The number of aromatic nitrogens is 5. The van der Waals surface area contributed by atoms with Gasteiger partial charge in [0.25, 0.3) is 5.91 Å².